The number of aromatic nitrogens is 2. The molecule has 2 heteroatoms. The fourth-order valence-electron chi connectivity index (χ4n) is 0.315. The summed E-state index contributed by atoms with van der Waals surface area (Å²) >= 11 is 0. The summed E-state index contributed by atoms with van der Waals surface area (Å²) in [5.74, 6) is 0. The number of aromatic amines is 1. The van der Waals surface area contributed by atoms with Crippen molar-refractivity contribution in [3.63, 3.8) is 0 Å². The van der Waals surface area contributed by atoms with Gasteiger partial charge in [0.1, 0.15) is 0 Å². The highest BCUT2D eigenvalue weighted by Gasteiger charge is 1.74. The van der Waals surface area contributed by atoms with Crippen LogP contribution in [-0.4, -0.2) is 10.2 Å². The molecule has 2 nitrogen and oxygen atoms in total. The number of nitrogens with zero attached hydrogens (tertiary/aromatic N) is 1. The molecule has 0 spiro atoms. The van der Waals surface area contributed by atoms with Gasteiger partial charge in [0.15, 0.2) is 0 Å². The zero-order valence-electron chi connectivity index (χ0n) is 9.02. The number of hydrogen-bond acceptors (Lipinski definition) is 1. The quantitative estimate of drug-likeness (QED) is 0.592. The minimum Gasteiger partial charge on any atom is -0.285 e. The Balaban J connectivity index is -0.000000117. The molecule has 72 valence electrons. The number of hydrogen-bond donors (Lipinski definition) is 1. The van der Waals surface area contributed by atoms with Crippen LogP contribution in [0, 0.1) is 6.92 Å². The van der Waals surface area contributed by atoms with Gasteiger partial charge in [0.2, 0.25) is 0 Å². The largest absolute Gasteiger partial charge is 0.285 e. The molecule has 12 heavy (non-hydrogen) atoms. The monoisotopic (exact) mass is 170 g/mol. The SMILES string of the molecule is C=C.CC.CC.Cc1cn[nH]c1. The molecule has 0 fully saturated rings. The van der Waals surface area contributed by atoms with Crippen LogP contribution >= 0.6 is 0 Å². The van der Waals surface area contributed by atoms with E-state index in [0.717, 1.165) is 0 Å². The van der Waals surface area contributed by atoms with E-state index in [1.165, 1.54) is 5.56 Å². The third kappa shape index (κ3) is 16.0. The van der Waals surface area contributed by atoms with Gasteiger partial charge >= 0.3 is 0 Å². The van der Waals surface area contributed by atoms with Crippen LogP contribution in [0.5, 0.6) is 0 Å². The van der Waals surface area contributed by atoms with Crippen molar-refractivity contribution in [3.05, 3.63) is 31.1 Å². The molecule has 0 aromatic carbocycles. The molecule has 1 N–H and O–H groups in total. The molecule has 1 rings (SSSR count). The van der Waals surface area contributed by atoms with Crippen LogP contribution in [0.25, 0.3) is 0 Å². The molecule has 0 amide bonds. The summed E-state index contributed by atoms with van der Waals surface area (Å²) < 4.78 is 0. The van der Waals surface area contributed by atoms with Crippen LogP contribution in [0.2, 0.25) is 0 Å². The van der Waals surface area contributed by atoms with Crippen molar-refractivity contribution in [1.82, 2.24) is 10.2 Å². The summed E-state index contributed by atoms with van der Waals surface area (Å²) in [7, 11) is 0. The molecular weight excluding hydrogens is 148 g/mol. The Hall–Kier alpha value is -1.05. The summed E-state index contributed by atoms with van der Waals surface area (Å²) in [5, 5.41) is 6.38. The second kappa shape index (κ2) is 22.5. The normalized spacial score (nSPS) is 5.75. The van der Waals surface area contributed by atoms with Crippen molar-refractivity contribution in [3.8, 4) is 0 Å². The van der Waals surface area contributed by atoms with E-state index in [0.29, 0.717) is 0 Å². The Morgan fingerprint density at radius 3 is 1.67 bits per heavy atom. The van der Waals surface area contributed by atoms with E-state index in [4.69, 9.17) is 0 Å². The highest BCUT2D eigenvalue weighted by molar-refractivity contribution is 4.96. The van der Waals surface area contributed by atoms with Crippen LogP contribution in [-0.2, 0) is 0 Å². The first kappa shape index (κ1) is 17.2. The maximum Gasteiger partial charge on any atom is 0.0516 e. The zero-order valence-corrected chi connectivity index (χ0v) is 9.02. The zero-order chi connectivity index (χ0) is 10.4. The molecule has 1 heterocycles. The van der Waals surface area contributed by atoms with Gasteiger partial charge in [0.05, 0.1) is 6.20 Å². The molecule has 0 aliphatic rings. The van der Waals surface area contributed by atoms with E-state index >= 15 is 0 Å². The number of nitrogens with one attached hydrogen (secondary N) is 1. The minimum absolute atomic E-state index is 1.18. The van der Waals surface area contributed by atoms with Crippen molar-refractivity contribution in [2.75, 3.05) is 0 Å². The predicted octanol–water partition coefficient (Wildman–Crippen LogP) is 3.57. The standard InChI is InChI=1S/C4H6N2.2C2H6.C2H4/c1-4-2-5-6-3-4;3*1-2/h2-3H,1H3,(H,5,6);2*1-2H3;1-2H2. The van der Waals surface area contributed by atoms with Gasteiger partial charge in [-0.3, -0.25) is 5.10 Å². The predicted molar refractivity (Wildman–Crippen MR) is 57.3 cm³/mol. The van der Waals surface area contributed by atoms with Crippen LogP contribution in [0.1, 0.15) is 33.3 Å². The maximum absolute atomic E-state index is 3.70. The molecule has 1 aromatic rings. The summed E-state index contributed by atoms with van der Waals surface area (Å²) in [6.45, 7) is 16.0. The summed E-state index contributed by atoms with van der Waals surface area (Å²) in [6, 6.07) is 0. The smallest absolute Gasteiger partial charge is 0.0516 e. The van der Waals surface area contributed by atoms with Crippen LogP contribution in [0.4, 0.5) is 0 Å². The van der Waals surface area contributed by atoms with E-state index < -0.39 is 0 Å². The third-order valence-electron chi connectivity index (χ3n) is 0.635. The van der Waals surface area contributed by atoms with Gasteiger partial charge in [0, 0.05) is 6.20 Å². The molecule has 0 radical (unpaired) electrons. The van der Waals surface area contributed by atoms with E-state index in [2.05, 4.69) is 23.4 Å². The first-order valence-electron chi connectivity index (χ1n) is 4.35. The molecule has 0 aliphatic carbocycles. The lowest BCUT2D eigenvalue weighted by atomic mass is 10.4. The Morgan fingerprint density at radius 1 is 1.17 bits per heavy atom. The Labute approximate surface area is 76.7 Å². The van der Waals surface area contributed by atoms with Gasteiger partial charge in [0.25, 0.3) is 0 Å². The van der Waals surface area contributed by atoms with E-state index in [9.17, 15) is 0 Å². The van der Waals surface area contributed by atoms with Gasteiger partial charge < -0.3 is 0 Å². The molecule has 0 bridgehead atoms. The van der Waals surface area contributed by atoms with Crippen molar-refractivity contribution < 1.29 is 0 Å². The number of H-pyrrole nitrogens is 1. The summed E-state index contributed by atoms with van der Waals surface area (Å²) in [6.07, 6.45) is 3.62. The highest BCUT2D eigenvalue weighted by atomic mass is 15.1. The molecule has 0 saturated carbocycles. The third-order valence-corrected chi connectivity index (χ3v) is 0.635. The number of rotatable bonds is 0. The fraction of sp³-hybridized carbons (Fsp3) is 0.500. The van der Waals surface area contributed by atoms with Gasteiger partial charge in [-0.1, -0.05) is 27.7 Å². The molecule has 0 unspecified atom stereocenters. The van der Waals surface area contributed by atoms with E-state index in [1.54, 1.807) is 6.20 Å². The average molecular weight is 170 g/mol. The second-order valence-electron chi connectivity index (χ2n) is 1.28. The molecular formula is C10H22N2. The van der Waals surface area contributed by atoms with Crippen molar-refractivity contribution in [2.45, 2.75) is 34.6 Å². The molecule has 0 aliphatic heterocycles. The van der Waals surface area contributed by atoms with Crippen molar-refractivity contribution in [1.29, 1.82) is 0 Å². The minimum atomic E-state index is 1.18. The lowest BCUT2D eigenvalue weighted by Crippen LogP contribution is -1.53. The number of aryl methyl sites for hydroxylation is 1. The van der Waals surface area contributed by atoms with Gasteiger partial charge in [-0.25, -0.2) is 0 Å². The Morgan fingerprint density at radius 2 is 1.58 bits per heavy atom. The van der Waals surface area contributed by atoms with Crippen molar-refractivity contribution in [2.24, 2.45) is 0 Å². The Kier molecular flexibility index (Phi) is 32.2. The van der Waals surface area contributed by atoms with Gasteiger partial charge in [-0.05, 0) is 12.5 Å². The molecule has 0 saturated heterocycles. The van der Waals surface area contributed by atoms with E-state index in [-0.39, 0.29) is 0 Å². The summed E-state index contributed by atoms with van der Waals surface area (Å²) in [5.41, 5.74) is 1.18. The average Bonchev–Trinajstić information content (AvgIpc) is 2.66. The van der Waals surface area contributed by atoms with E-state index in [1.807, 2.05) is 40.8 Å². The second-order valence-corrected chi connectivity index (χ2v) is 1.28. The topological polar surface area (TPSA) is 28.7 Å². The lowest BCUT2D eigenvalue weighted by molar-refractivity contribution is 1.09. The van der Waals surface area contributed by atoms with Crippen LogP contribution < -0.4 is 0 Å². The van der Waals surface area contributed by atoms with Gasteiger partial charge in [-0.2, -0.15) is 5.10 Å². The van der Waals surface area contributed by atoms with Gasteiger partial charge in [-0.15, -0.1) is 13.2 Å². The first-order valence-corrected chi connectivity index (χ1v) is 4.35. The van der Waals surface area contributed by atoms with Crippen molar-refractivity contribution >= 4 is 0 Å². The van der Waals surface area contributed by atoms with Crippen LogP contribution in [0.15, 0.2) is 25.6 Å². The summed E-state index contributed by atoms with van der Waals surface area (Å²) in [4.78, 5) is 0. The Bertz CT molecular complexity index is 122. The molecule has 1 aromatic heterocycles. The fourth-order valence-corrected chi connectivity index (χ4v) is 0.315. The highest BCUT2D eigenvalue weighted by Crippen LogP contribution is 1.84. The lowest BCUT2D eigenvalue weighted by Gasteiger charge is -1.62. The molecule has 0 atom stereocenters. The first-order chi connectivity index (χ1) is 5.89. The maximum atomic E-state index is 3.70. The van der Waals surface area contributed by atoms with Crippen LogP contribution in [0.3, 0.4) is 0 Å².